The summed E-state index contributed by atoms with van der Waals surface area (Å²) in [7, 11) is -3.71. The van der Waals surface area contributed by atoms with Crippen LogP contribution in [0.5, 0.6) is 0 Å². The standard InChI is InChI=1S/C20H26N4O6S/c1-4-29-20(26)16-5-7-17(8-6-16)31(27,28)24-11-9-15(10-12-24)18(25)21-13(2)19-22-14(3)23-30-19/h5-8,13,15H,4,9-12H2,1-3H3,(H,21,25). The molecule has 31 heavy (non-hydrogen) atoms. The second kappa shape index (κ2) is 9.56. The van der Waals surface area contributed by atoms with Gasteiger partial charge in [0.2, 0.25) is 21.8 Å². The first-order valence-electron chi connectivity index (χ1n) is 10.1. The lowest BCUT2D eigenvalue weighted by Crippen LogP contribution is -2.43. The van der Waals surface area contributed by atoms with E-state index in [1.54, 1.807) is 20.8 Å². The zero-order chi connectivity index (χ0) is 22.6. The third-order valence-electron chi connectivity index (χ3n) is 5.10. The van der Waals surface area contributed by atoms with Crippen LogP contribution >= 0.6 is 0 Å². The summed E-state index contributed by atoms with van der Waals surface area (Å²) in [6, 6.07) is 5.24. The maximum absolute atomic E-state index is 12.9. The summed E-state index contributed by atoms with van der Waals surface area (Å²) in [6.45, 7) is 5.86. The molecule has 1 N–H and O–H groups in total. The molecular weight excluding hydrogens is 424 g/mol. The minimum atomic E-state index is -3.71. The zero-order valence-corrected chi connectivity index (χ0v) is 18.5. The van der Waals surface area contributed by atoms with Crippen LogP contribution in [-0.4, -0.2) is 54.4 Å². The van der Waals surface area contributed by atoms with Gasteiger partial charge in [-0.2, -0.15) is 9.29 Å². The average Bonchev–Trinajstić information content (AvgIpc) is 3.20. The number of carbonyl (C=O) groups excluding carboxylic acids is 2. The largest absolute Gasteiger partial charge is 0.462 e. The Labute approximate surface area is 181 Å². The van der Waals surface area contributed by atoms with E-state index in [9.17, 15) is 18.0 Å². The molecule has 0 bridgehead atoms. The smallest absolute Gasteiger partial charge is 0.338 e. The molecule has 0 radical (unpaired) electrons. The van der Waals surface area contributed by atoms with Crippen molar-refractivity contribution in [1.82, 2.24) is 19.8 Å². The zero-order valence-electron chi connectivity index (χ0n) is 17.7. The van der Waals surface area contributed by atoms with Gasteiger partial charge in [-0.05, 0) is 57.9 Å². The number of sulfonamides is 1. The quantitative estimate of drug-likeness (QED) is 0.632. The Balaban J connectivity index is 1.58. The van der Waals surface area contributed by atoms with Crippen LogP contribution in [-0.2, 0) is 19.6 Å². The third kappa shape index (κ3) is 5.28. The summed E-state index contributed by atoms with van der Waals surface area (Å²) in [6.07, 6.45) is 0.809. The molecule has 1 atom stereocenters. The molecule has 1 saturated heterocycles. The molecule has 0 aliphatic carbocycles. The minimum Gasteiger partial charge on any atom is -0.462 e. The normalized spacial score (nSPS) is 16.6. The molecule has 1 unspecified atom stereocenters. The van der Waals surface area contributed by atoms with Crippen LogP contribution in [0.25, 0.3) is 0 Å². The van der Waals surface area contributed by atoms with Crippen molar-refractivity contribution in [3.63, 3.8) is 0 Å². The van der Waals surface area contributed by atoms with Crippen molar-refractivity contribution < 1.29 is 27.3 Å². The van der Waals surface area contributed by atoms with Gasteiger partial charge in [0, 0.05) is 19.0 Å². The number of benzene rings is 1. The highest BCUT2D eigenvalue weighted by molar-refractivity contribution is 7.89. The number of hydrogen-bond donors (Lipinski definition) is 1. The lowest BCUT2D eigenvalue weighted by molar-refractivity contribution is -0.127. The SMILES string of the molecule is CCOC(=O)c1ccc(S(=O)(=O)N2CCC(C(=O)NC(C)c3nc(C)no3)CC2)cc1. The van der Waals surface area contributed by atoms with Gasteiger partial charge in [-0.25, -0.2) is 13.2 Å². The van der Waals surface area contributed by atoms with E-state index < -0.39 is 22.0 Å². The molecule has 2 heterocycles. The lowest BCUT2D eigenvalue weighted by Gasteiger charge is -2.31. The fourth-order valence-corrected chi connectivity index (χ4v) is 4.84. The van der Waals surface area contributed by atoms with E-state index in [0.29, 0.717) is 30.1 Å². The Bertz CT molecular complexity index is 1030. The number of rotatable bonds is 7. The van der Waals surface area contributed by atoms with Gasteiger partial charge >= 0.3 is 5.97 Å². The van der Waals surface area contributed by atoms with Crippen LogP contribution in [0.2, 0.25) is 0 Å². The number of aromatic nitrogens is 2. The van der Waals surface area contributed by atoms with E-state index in [-0.39, 0.29) is 36.4 Å². The van der Waals surface area contributed by atoms with Gasteiger partial charge in [-0.3, -0.25) is 4.79 Å². The van der Waals surface area contributed by atoms with E-state index >= 15 is 0 Å². The molecule has 1 amide bonds. The predicted molar refractivity (Wildman–Crippen MR) is 109 cm³/mol. The topological polar surface area (TPSA) is 132 Å². The van der Waals surface area contributed by atoms with Crippen molar-refractivity contribution in [3.05, 3.63) is 41.5 Å². The van der Waals surface area contributed by atoms with Gasteiger partial charge < -0.3 is 14.6 Å². The lowest BCUT2D eigenvalue weighted by atomic mass is 9.97. The Morgan fingerprint density at radius 3 is 2.45 bits per heavy atom. The Morgan fingerprint density at radius 2 is 1.90 bits per heavy atom. The highest BCUT2D eigenvalue weighted by Crippen LogP contribution is 2.25. The van der Waals surface area contributed by atoms with E-state index in [0.717, 1.165) is 0 Å². The van der Waals surface area contributed by atoms with E-state index in [1.807, 2.05) is 0 Å². The third-order valence-corrected chi connectivity index (χ3v) is 7.01. The van der Waals surface area contributed by atoms with Crippen molar-refractivity contribution >= 4 is 21.9 Å². The minimum absolute atomic E-state index is 0.101. The summed E-state index contributed by atoms with van der Waals surface area (Å²) >= 11 is 0. The maximum atomic E-state index is 12.9. The number of piperidine rings is 1. The van der Waals surface area contributed by atoms with Crippen molar-refractivity contribution in [2.75, 3.05) is 19.7 Å². The molecule has 1 aliphatic heterocycles. The fraction of sp³-hybridized carbons (Fsp3) is 0.500. The van der Waals surface area contributed by atoms with Crippen LogP contribution in [0.1, 0.15) is 54.8 Å². The van der Waals surface area contributed by atoms with E-state index in [2.05, 4.69) is 15.5 Å². The van der Waals surface area contributed by atoms with Crippen molar-refractivity contribution in [2.24, 2.45) is 5.92 Å². The van der Waals surface area contributed by atoms with Crippen molar-refractivity contribution in [2.45, 2.75) is 44.6 Å². The van der Waals surface area contributed by atoms with Crippen LogP contribution in [0.4, 0.5) is 0 Å². The van der Waals surface area contributed by atoms with Gasteiger partial charge in [-0.15, -0.1) is 0 Å². The second-order valence-electron chi connectivity index (χ2n) is 7.33. The molecule has 10 nitrogen and oxygen atoms in total. The van der Waals surface area contributed by atoms with E-state index in [4.69, 9.17) is 9.26 Å². The van der Waals surface area contributed by atoms with Crippen LogP contribution in [0.15, 0.2) is 33.7 Å². The molecule has 0 saturated carbocycles. The highest BCUT2D eigenvalue weighted by Gasteiger charge is 2.33. The number of hydrogen-bond acceptors (Lipinski definition) is 8. The molecule has 1 aromatic heterocycles. The molecule has 1 aliphatic rings. The first-order valence-corrected chi connectivity index (χ1v) is 11.5. The van der Waals surface area contributed by atoms with E-state index in [1.165, 1.54) is 28.6 Å². The van der Waals surface area contributed by atoms with Crippen molar-refractivity contribution in [1.29, 1.82) is 0 Å². The number of ether oxygens (including phenoxy) is 1. The van der Waals surface area contributed by atoms with Gasteiger partial charge in [-0.1, -0.05) is 5.16 Å². The fourth-order valence-electron chi connectivity index (χ4n) is 3.37. The monoisotopic (exact) mass is 450 g/mol. The number of esters is 1. The predicted octanol–water partition coefficient (Wildman–Crippen LogP) is 1.83. The number of carbonyl (C=O) groups is 2. The molecular formula is C20H26N4O6S. The van der Waals surface area contributed by atoms with Crippen molar-refractivity contribution in [3.8, 4) is 0 Å². The summed E-state index contributed by atoms with van der Waals surface area (Å²) in [5.41, 5.74) is 0.293. The van der Waals surface area contributed by atoms with Crippen LogP contribution < -0.4 is 5.32 Å². The first-order chi connectivity index (χ1) is 14.7. The summed E-state index contributed by atoms with van der Waals surface area (Å²) in [5.74, 6) is -0.145. The second-order valence-corrected chi connectivity index (χ2v) is 9.27. The number of nitrogens with zero attached hydrogens (tertiary/aromatic N) is 3. The van der Waals surface area contributed by atoms with Crippen LogP contribution in [0, 0.1) is 12.8 Å². The molecule has 1 fully saturated rings. The molecule has 11 heteroatoms. The summed E-state index contributed by atoms with van der Waals surface area (Å²) < 4.78 is 37.2. The van der Waals surface area contributed by atoms with Gasteiger partial charge in [0.25, 0.3) is 0 Å². The van der Waals surface area contributed by atoms with Gasteiger partial charge in [0.15, 0.2) is 5.82 Å². The molecule has 2 aromatic rings. The Kier molecular flexibility index (Phi) is 7.06. The molecule has 168 valence electrons. The number of amides is 1. The summed E-state index contributed by atoms with van der Waals surface area (Å²) in [5, 5.41) is 6.56. The maximum Gasteiger partial charge on any atom is 0.338 e. The number of aryl methyl sites for hydroxylation is 1. The van der Waals surface area contributed by atoms with Gasteiger partial charge in [0.1, 0.15) is 6.04 Å². The Morgan fingerprint density at radius 1 is 1.26 bits per heavy atom. The Hall–Kier alpha value is -2.79. The van der Waals surface area contributed by atoms with Crippen LogP contribution in [0.3, 0.4) is 0 Å². The number of nitrogens with one attached hydrogen (secondary N) is 1. The molecule has 3 rings (SSSR count). The average molecular weight is 451 g/mol. The molecule has 1 aromatic carbocycles. The van der Waals surface area contributed by atoms with Gasteiger partial charge in [0.05, 0.1) is 17.1 Å². The molecule has 0 spiro atoms. The summed E-state index contributed by atoms with van der Waals surface area (Å²) in [4.78, 5) is 28.5. The highest BCUT2D eigenvalue weighted by atomic mass is 32.2. The first kappa shape index (κ1) is 22.9.